The van der Waals surface area contributed by atoms with Gasteiger partial charge < -0.3 is 10.8 Å². The Kier molecular flexibility index (Phi) is 5.05. The number of piperidine rings is 1. The summed E-state index contributed by atoms with van der Waals surface area (Å²) in [6.07, 6.45) is 3.97. The molecule has 88 valence electrons. The van der Waals surface area contributed by atoms with Gasteiger partial charge in [0.05, 0.1) is 0 Å². The van der Waals surface area contributed by atoms with Crippen LogP contribution in [0.15, 0.2) is 0 Å². The van der Waals surface area contributed by atoms with Crippen LogP contribution in [0.2, 0.25) is 0 Å². The van der Waals surface area contributed by atoms with Gasteiger partial charge in [-0.05, 0) is 51.2 Å². The molecule has 0 aliphatic carbocycles. The van der Waals surface area contributed by atoms with E-state index in [1.807, 2.05) is 6.92 Å². The van der Waals surface area contributed by atoms with Gasteiger partial charge in [-0.2, -0.15) is 0 Å². The maximum Gasteiger partial charge on any atom is 0.320 e. The molecule has 0 aromatic heterocycles. The van der Waals surface area contributed by atoms with E-state index < -0.39 is 5.97 Å². The van der Waals surface area contributed by atoms with E-state index in [-0.39, 0.29) is 6.04 Å². The van der Waals surface area contributed by atoms with Crippen LogP contribution in [0.25, 0.3) is 0 Å². The van der Waals surface area contributed by atoms with Gasteiger partial charge in [0.15, 0.2) is 0 Å². The monoisotopic (exact) mass is 214 g/mol. The van der Waals surface area contributed by atoms with Gasteiger partial charge in [0, 0.05) is 0 Å². The number of nitrogens with two attached hydrogens (primary N) is 1. The number of hydrogen-bond acceptors (Lipinski definition) is 3. The van der Waals surface area contributed by atoms with E-state index in [0.29, 0.717) is 12.3 Å². The molecular formula is C11H22N2O2. The highest BCUT2D eigenvalue weighted by Gasteiger charge is 2.27. The van der Waals surface area contributed by atoms with E-state index in [4.69, 9.17) is 10.8 Å². The molecule has 4 nitrogen and oxygen atoms in total. The van der Waals surface area contributed by atoms with Crippen molar-refractivity contribution in [2.45, 2.75) is 38.6 Å². The van der Waals surface area contributed by atoms with Gasteiger partial charge in [0.1, 0.15) is 6.04 Å². The molecule has 1 rings (SSSR count). The lowest BCUT2D eigenvalue weighted by molar-refractivity contribution is -0.144. The largest absolute Gasteiger partial charge is 0.480 e. The van der Waals surface area contributed by atoms with Gasteiger partial charge in [-0.15, -0.1) is 0 Å². The van der Waals surface area contributed by atoms with Gasteiger partial charge in [-0.1, -0.05) is 6.92 Å². The molecule has 0 bridgehead atoms. The summed E-state index contributed by atoms with van der Waals surface area (Å²) in [5.74, 6) is 0.0207. The average molecular weight is 214 g/mol. The predicted octanol–water partition coefficient (Wildman–Crippen LogP) is 0.910. The number of carboxylic acid groups (broad SMARTS) is 1. The van der Waals surface area contributed by atoms with Crippen molar-refractivity contribution in [1.82, 2.24) is 4.90 Å². The maximum absolute atomic E-state index is 11.0. The minimum Gasteiger partial charge on any atom is -0.480 e. The molecule has 0 aromatic rings. The fourth-order valence-electron chi connectivity index (χ4n) is 2.38. The summed E-state index contributed by atoms with van der Waals surface area (Å²) in [5, 5.41) is 9.03. The first kappa shape index (κ1) is 12.5. The van der Waals surface area contributed by atoms with Crippen molar-refractivity contribution in [2.24, 2.45) is 11.7 Å². The molecule has 4 heteroatoms. The Labute approximate surface area is 91.4 Å². The van der Waals surface area contributed by atoms with Crippen LogP contribution in [0.4, 0.5) is 0 Å². The third-order valence-electron chi connectivity index (χ3n) is 3.34. The molecule has 0 saturated carbocycles. The van der Waals surface area contributed by atoms with Crippen LogP contribution < -0.4 is 5.73 Å². The number of rotatable bonds is 5. The van der Waals surface area contributed by atoms with E-state index >= 15 is 0 Å². The van der Waals surface area contributed by atoms with Crippen LogP contribution >= 0.6 is 0 Å². The van der Waals surface area contributed by atoms with Crippen molar-refractivity contribution in [1.29, 1.82) is 0 Å². The lowest BCUT2D eigenvalue weighted by atomic mass is 9.92. The topological polar surface area (TPSA) is 66.6 Å². The summed E-state index contributed by atoms with van der Waals surface area (Å²) in [6, 6.07) is -0.288. The summed E-state index contributed by atoms with van der Waals surface area (Å²) >= 11 is 0. The van der Waals surface area contributed by atoms with E-state index in [1.165, 1.54) is 0 Å². The van der Waals surface area contributed by atoms with Crippen molar-refractivity contribution in [2.75, 3.05) is 19.6 Å². The molecule has 15 heavy (non-hydrogen) atoms. The highest BCUT2D eigenvalue weighted by molar-refractivity contribution is 5.73. The van der Waals surface area contributed by atoms with E-state index in [0.717, 1.165) is 38.9 Å². The average Bonchev–Trinajstić information content (AvgIpc) is 2.21. The Morgan fingerprint density at radius 2 is 2.13 bits per heavy atom. The van der Waals surface area contributed by atoms with E-state index in [2.05, 4.69) is 4.90 Å². The maximum atomic E-state index is 11.0. The first-order chi connectivity index (χ1) is 7.19. The Morgan fingerprint density at radius 1 is 1.53 bits per heavy atom. The van der Waals surface area contributed by atoms with Gasteiger partial charge in [0.25, 0.3) is 0 Å². The van der Waals surface area contributed by atoms with Crippen molar-refractivity contribution in [3.8, 4) is 0 Å². The van der Waals surface area contributed by atoms with Crippen LogP contribution in [-0.2, 0) is 4.79 Å². The molecule has 1 unspecified atom stereocenters. The quantitative estimate of drug-likeness (QED) is 0.714. The van der Waals surface area contributed by atoms with Crippen LogP contribution in [0, 0.1) is 5.92 Å². The standard InChI is InChI=1S/C11H22N2O2/c1-2-10(11(14)15)13-7-4-9(3-6-12)5-8-13/h9-10H,2-8,12H2,1H3,(H,14,15). The van der Waals surface area contributed by atoms with Crippen LogP contribution in [-0.4, -0.2) is 41.7 Å². The lowest BCUT2D eigenvalue weighted by Gasteiger charge is -2.35. The number of carbonyl (C=O) groups is 1. The Hall–Kier alpha value is -0.610. The minimum absolute atomic E-state index is 0.288. The Morgan fingerprint density at radius 3 is 2.53 bits per heavy atom. The summed E-state index contributed by atoms with van der Waals surface area (Å²) in [4.78, 5) is 13.1. The van der Waals surface area contributed by atoms with Crippen molar-refractivity contribution in [3.05, 3.63) is 0 Å². The molecule has 1 atom stereocenters. The van der Waals surface area contributed by atoms with Crippen LogP contribution in [0.1, 0.15) is 32.6 Å². The number of hydrogen-bond donors (Lipinski definition) is 2. The number of likely N-dealkylation sites (tertiary alicyclic amines) is 1. The van der Waals surface area contributed by atoms with Gasteiger partial charge in [0.2, 0.25) is 0 Å². The second-order valence-corrected chi connectivity index (χ2v) is 4.32. The highest BCUT2D eigenvalue weighted by atomic mass is 16.4. The summed E-state index contributed by atoms with van der Waals surface area (Å²) in [7, 11) is 0. The smallest absolute Gasteiger partial charge is 0.320 e. The third-order valence-corrected chi connectivity index (χ3v) is 3.34. The van der Waals surface area contributed by atoms with Crippen molar-refractivity contribution >= 4 is 5.97 Å². The molecular weight excluding hydrogens is 192 g/mol. The zero-order valence-electron chi connectivity index (χ0n) is 9.48. The molecule has 1 aliphatic heterocycles. The number of aliphatic carboxylic acids is 1. The molecule has 1 saturated heterocycles. The zero-order chi connectivity index (χ0) is 11.3. The fourth-order valence-corrected chi connectivity index (χ4v) is 2.38. The predicted molar refractivity (Wildman–Crippen MR) is 59.7 cm³/mol. The lowest BCUT2D eigenvalue weighted by Crippen LogP contribution is -2.45. The second-order valence-electron chi connectivity index (χ2n) is 4.32. The Balaban J connectivity index is 2.38. The van der Waals surface area contributed by atoms with Crippen LogP contribution in [0.3, 0.4) is 0 Å². The van der Waals surface area contributed by atoms with Crippen molar-refractivity contribution < 1.29 is 9.90 Å². The molecule has 0 aromatic carbocycles. The number of carboxylic acids is 1. The van der Waals surface area contributed by atoms with Gasteiger partial charge >= 0.3 is 5.97 Å². The van der Waals surface area contributed by atoms with Crippen LogP contribution in [0.5, 0.6) is 0 Å². The molecule has 0 amide bonds. The van der Waals surface area contributed by atoms with E-state index in [9.17, 15) is 4.79 Å². The van der Waals surface area contributed by atoms with Crippen molar-refractivity contribution in [3.63, 3.8) is 0 Å². The van der Waals surface area contributed by atoms with Gasteiger partial charge in [-0.3, -0.25) is 9.69 Å². The first-order valence-corrected chi connectivity index (χ1v) is 5.86. The molecule has 3 N–H and O–H groups in total. The molecule has 0 spiro atoms. The van der Waals surface area contributed by atoms with Gasteiger partial charge in [-0.25, -0.2) is 0 Å². The number of nitrogens with zero attached hydrogens (tertiary/aromatic N) is 1. The van der Waals surface area contributed by atoms with E-state index in [1.54, 1.807) is 0 Å². The molecule has 0 radical (unpaired) electrons. The SMILES string of the molecule is CCC(C(=O)O)N1CCC(CCN)CC1. The molecule has 1 fully saturated rings. The molecule has 1 aliphatic rings. The first-order valence-electron chi connectivity index (χ1n) is 5.86. The summed E-state index contributed by atoms with van der Waals surface area (Å²) in [6.45, 7) is 4.51. The summed E-state index contributed by atoms with van der Waals surface area (Å²) in [5.41, 5.74) is 5.52. The summed E-state index contributed by atoms with van der Waals surface area (Å²) < 4.78 is 0. The Bertz CT molecular complexity index is 201. The zero-order valence-corrected chi connectivity index (χ0v) is 9.48. The highest BCUT2D eigenvalue weighted by Crippen LogP contribution is 2.22. The normalized spacial score (nSPS) is 21.5. The second kappa shape index (κ2) is 6.08. The minimum atomic E-state index is -0.685. The molecule has 1 heterocycles. The third kappa shape index (κ3) is 3.47. The fraction of sp³-hybridized carbons (Fsp3) is 0.909.